The van der Waals surface area contributed by atoms with Crippen LogP contribution in [0.15, 0.2) is 78.9 Å². The van der Waals surface area contributed by atoms with Crippen molar-refractivity contribution < 1.29 is 9.53 Å². The van der Waals surface area contributed by atoms with Crippen LogP contribution in [0, 0.1) is 11.8 Å². The number of fused-ring (bicyclic) bond motifs is 1. The second-order valence-corrected chi connectivity index (χ2v) is 11.6. The van der Waals surface area contributed by atoms with Crippen LogP contribution in [-0.4, -0.2) is 54.4 Å². The van der Waals surface area contributed by atoms with Crippen LogP contribution in [-0.2, 0) is 0 Å². The van der Waals surface area contributed by atoms with Gasteiger partial charge in [-0.2, -0.15) is 4.37 Å². The van der Waals surface area contributed by atoms with Crippen molar-refractivity contribution in [1.82, 2.24) is 14.6 Å². The molecule has 4 aromatic rings. The van der Waals surface area contributed by atoms with Gasteiger partial charge < -0.3 is 15.0 Å². The van der Waals surface area contributed by atoms with Crippen molar-refractivity contribution >= 4 is 33.3 Å². The Morgan fingerprint density at radius 2 is 1.62 bits per heavy atom. The Bertz CT molecular complexity index is 1380. The monoisotopic (exact) mass is 540 g/mol. The number of amides is 1. The number of nitrogens with zero attached hydrogens (tertiary/aromatic N) is 3. The molecule has 0 spiro atoms. The third-order valence-electron chi connectivity index (χ3n) is 8.19. The molecule has 1 aliphatic heterocycles. The standard InChI is InChI=1S/C32H36N4O2S/c37-32(24-11-8-14-28(21-24)38-27-12-2-1-3-13-27)33-22-25-9-4-5-10-26(25)23-35-17-19-36(20-18-35)31-29-15-6-7-16-30(29)39-34-31/h1-3,6-8,11-16,21,25-26H,4-5,9-10,17-20,22-23H2,(H,33,37)/t25-,26+/m0/s1. The summed E-state index contributed by atoms with van der Waals surface area (Å²) in [6, 6.07) is 25.6. The Morgan fingerprint density at radius 3 is 2.46 bits per heavy atom. The minimum atomic E-state index is -0.0260. The maximum Gasteiger partial charge on any atom is 0.251 e. The summed E-state index contributed by atoms with van der Waals surface area (Å²) in [5.74, 6) is 3.70. The van der Waals surface area contributed by atoms with Crippen molar-refractivity contribution in [3.8, 4) is 11.5 Å². The van der Waals surface area contributed by atoms with E-state index in [9.17, 15) is 4.79 Å². The number of benzene rings is 3. The van der Waals surface area contributed by atoms with Crippen molar-refractivity contribution in [2.75, 3.05) is 44.2 Å². The Hall–Kier alpha value is -3.42. The molecule has 6 nitrogen and oxygen atoms in total. The van der Waals surface area contributed by atoms with Crippen LogP contribution in [0.25, 0.3) is 10.1 Å². The number of hydrogen-bond acceptors (Lipinski definition) is 6. The van der Waals surface area contributed by atoms with E-state index in [0.717, 1.165) is 50.8 Å². The van der Waals surface area contributed by atoms with E-state index in [0.29, 0.717) is 23.1 Å². The first-order valence-electron chi connectivity index (χ1n) is 14.2. The van der Waals surface area contributed by atoms with Crippen molar-refractivity contribution in [2.45, 2.75) is 25.7 Å². The predicted molar refractivity (Wildman–Crippen MR) is 159 cm³/mol. The first kappa shape index (κ1) is 25.8. The molecule has 1 N–H and O–H groups in total. The van der Waals surface area contributed by atoms with Gasteiger partial charge in [0.2, 0.25) is 0 Å². The molecular formula is C32H36N4O2S. The number of aromatic nitrogens is 1. The van der Waals surface area contributed by atoms with Gasteiger partial charge in [-0.3, -0.25) is 9.69 Å². The van der Waals surface area contributed by atoms with Gasteiger partial charge in [-0.05, 0) is 78.7 Å². The molecule has 3 aromatic carbocycles. The van der Waals surface area contributed by atoms with Crippen LogP contribution < -0.4 is 15.0 Å². The summed E-state index contributed by atoms with van der Waals surface area (Å²) in [5, 5.41) is 4.52. The third-order valence-corrected chi connectivity index (χ3v) is 9.01. The maximum absolute atomic E-state index is 13.0. The molecule has 0 unspecified atom stereocenters. The fourth-order valence-electron chi connectivity index (χ4n) is 6.02. The highest BCUT2D eigenvalue weighted by Crippen LogP contribution is 2.32. The molecule has 1 saturated carbocycles. The number of para-hydroxylation sites is 1. The number of carbonyl (C=O) groups is 1. The largest absolute Gasteiger partial charge is 0.457 e. The normalized spacial score (nSPS) is 20.2. The Balaban J connectivity index is 1.01. The van der Waals surface area contributed by atoms with E-state index in [1.165, 1.54) is 35.8 Å². The van der Waals surface area contributed by atoms with Crippen LogP contribution in [0.3, 0.4) is 0 Å². The molecule has 2 fully saturated rings. The van der Waals surface area contributed by atoms with E-state index >= 15 is 0 Å². The minimum absolute atomic E-state index is 0.0260. The van der Waals surface area contributed by atoms with Gasteiger partial charge in [-0.25, -0.2) is 0 Å². The van der Waals surface area contributed by atoms with Gasteiger partial charge >= 0.3 is 0 Å². The molecule has 6 rings (SSSR count). The zero-order valence-corrected chi connectivity index (χ0v) is 23.1. The average Bonchev–Trinajstić information content (AvgIpc) is 3.42. The Morgan fingerprint density at radius 1 is 0.872 bits per heavy atom. The lowest BCUT2D eigenvalue weighted by molar-refractivity contribution is 0.0920. The molecular weight excluding hydrogens is 504 g/mol. The molecule has 0 radical (unpaired) electrons. The summed E-state index contributed by atoms with van der Waals surface area (Å²) >= 11 is 1.60. The maximum atomic E-state index is 13.0. The number of rotatable bonds is 8. The Kier molecular flexibility index (Phi) is 8.07. The van der Waals surface area contributed by atoms with Crippen LogP contribution in [0.5, 0.6) is 11.5 Å². The SMILES string of the molecule is O=C(NC[C@@H]1CCCC[C@@H]1CN1CCN(c2nsc3ccccc23)CC1)c1cccc(Oc2ccccc2)c1. The van der Waals surface area contributed by atoms with Gasteiger partial charge in [-0.15, -0.1) is 0 Å². The number of carbonyl (C=O) groups excluding carboxylic acids is 1. The first-order chi connectivity index (χ1) is 19.2. The minimum Gasteiger partial charge on any atom is -0.457 e. The van der Waals surface area contributed by atoms with Gasteiger partial charge in [0.25, 0.3) is 5.91 Å². The highest BCUT2D eigenvalue weighted by molar-refractivity contribution is 7.13. The fraction of sp³-hybridized carbons (Fsp3) is 0.375. The van der Waals surface area contributed by atoms with Gasteiger partial charge in [0.05, 0.1) is 4.70 Å². The van der Waals surface area contributed by atoms with E-state index < -0.39 is 0 Å². The third kappa shape index (κ3) is 6.26. The summed E-state index contributed by atoms with van der Waals surface area (Å²) < 4.78 is 12.0. The summed E-state index contributed by atoms with van der Waals surface area (Å²) in [4.78, 5) is 18.1. The quantitative estimate of drug-likeness (QED) is 0.278. The van der Waals surface area contributed by atoms with Crippen LogP contribution in [0.1, 0.15) is 36.0 Å². The molecule has 202 valence electrons. The molecule has 1 amide bonds. The first-order valence-corrected chi connectivity index (χ1v) is 14.9. The molecule has 7 heteroatoms. The smallest absolute Gasteiger partial charge is 0.251 e. The van der Waals surface area contributed by atoms with Crippen molar-refractivity contribution in [3.63, 3.8) is 0 Å². The predicted octanol–water partition coefficient (Wildman–Crippen LogP) is 6.45. The molecule has 2 aliphatic rings. The number of anilines is 1. The van der Waals surface area contributed by atoms with Crippen LogP contribution in [0.2, 0.25) is 0 Å². The van der Waals surface area contributed by atoms with Crippen molar-refractivity contribution in [3.05, 3.63) is 84.4 Å². The van der Waals surface area contributed by atoms with Crippen LogP contribution in [0.4, 0.5) is 5.82 Å². The average molecular weight is 541 g/mol. The van der Waals surface area contributed by atoms with Gasteiger partial charge in [0, 0.05) is 50.2 Å². The molecule has 39 heavy (non-hydrogen) atoms. The highest BCUT2D eigenvalue weighted by Gasteiger charge is 2.29. The summed E-state index contributed by atoms with van der Waals surface area (Å²) in [6.45, 7) is 6.02. The molecule has 1 saturated heterocycles. The van der Waals surface area contributed by atoms with E-state index in [4.69, 9.17) is 9.11 Å². The summed E-state index contributed by atoms with van der Waals surface area (Å²) in [6.07, 6.45) is 4.98. The number of hydrogen-bond donors (Lipinski definition) is 1. The molecule has 0 bridgehead atoms. The van der Waals surface area contributed by atoms with E-state index in [1.54, 1.807) is 11.5 Å². The van der Waals surface area contributed by atoms with E-state index in [1.807, 2.05) is 54.6 Å². The molecule has 2 atom stereocenters. The summed E-state index contributed by atoms with van der Waals surface area (Å²) in [7, 11) is 0. The Labute approximate surface area is 234 Å². The van der Waals surface area contributed by atoms with Crippen LogP contribution >= 0.6 is 11.5 Å². The van der Waals surface area contributed by atoms with Gasteiger partial charge in [0.15, 0.2) is 0 Å². The molecule has 1 aromatic heterocycles. The highest BCUT2D eigenvalue weighted by atomic mass is 32.1. The molecule has 1 aliphatic carbocycles. The van der Waals surface area contributed by atoms with E-state index in [-0.39, 0.29) is 5.91 Å². The lowest BCUT2D eigenvalue weighted by Gasteiger charge is -2.40. The zero-order valence-electron chi connectivity index (χ0n) is 22.3. The van der Waals surface area contributed by atoms with Gasteiger partial charge in [0.1, 0.15) is 17.3 Å². The lowest BCUT2D eigenvalue weighted by Crippen LogP contribution is -2.49. The van der Waals surface area contributed by atoms with Gasteiger partial charge in [-0.1, -0.05) is 49.2 Å². The fourth-order valence-corrected chi connectivity index (χ4v) is 6.82. The lowest BCUT2D eigenvalue weighted by atomic mass is 9.78. The second kappa shape index (κ2) is 12.2. The topological polar surface area (TPSA) is 57.7 Å². The number of nitrogens with one attached hydrogen (secondary N) is 1. The van der Waals surface area contributed by atoms with Crippen molar-refractivity contribution in [1.29, 1.82) is 0 Å². The summed E-state index contributed by atoms with van der Waals surface area (Å²) in [5.41, 5.74) is 0.640. The number of piperazine rings is 1. The second-order valence-electron chi connectivity index (χ2n) is 10.7. The molecule has 2 heterocycles. The van der Waals surface area contributed by atoms with E-state index in [2.05, 4.69) is 39.4 Å². The van der Waals surface area contributed by atoms with Crippen molar-refractivity contribution in [2.24, 2.45) is 11.8 Å². The zero-order chi connectivity index (χ0) is 26.4. The number of ether oxygens (including phenoxy) is 1.